The van der Waals surface area contributed by atoms with Gasteiger partial charge in [0.1, 0.15) is 5.75 Å². The molecule has 0 aliphatic rings. The normalized spacial score (nSPS) is 11.6. The first-order valence-electron chi connectivity index (χ1n) is 4.55. The second-order valence-electron chi connectivity index (χ2n) is 3.07. The molecular weight excluding hydrogens is 245 g/mol. The van der Waals surface area contributed by atoms with E-state index in [0.717, 1.165) is 12.1 Å². The standard InChI is InChI=1S/C10H10ClF3O2/c11-8-6-7(10(12,13)14)2-3-9(8)16-5-1-4-15/h2-3,6,15H,1,4-5H2. The SMILES string of the molecule is OCCCOc1ccc(C(F)(F)F)cc1Cl. The third-order valence-electron chi connectivity index (χ3n) is 1.82. The fourth-order valence-electron chi connectivity index (χ4n) is 1.04. The van der Waals surface area contributed by atoms with E-state index in [1.54, 1.807) is 0 Å². The maximum atomic E-state index is 12.3. The van der Waals surface area contributed by atoms with Crippen molar-refractivity contribution in [1.29, 1.82) is 0 Å². The van der Waals surface area contributed by atoms with Crippen molar-refractivity contribution in [1.82, 2.24) is 0 Å². The first-order valence-corrected chi connectivity index (χ1v) is 4.93. The fraction of sp³-hybridized carbons (Fsp3) is 0.400. The lowest BCUT2D eigenvalue weighted by atomic mass is 10.2. The molecule has 0 amide bonds. The van der Waals surface area contributed by atoms with Gasteiger partial charge in [0, 0.05) is 13.0 Å². The van der Waals surface area contributed by atoms with Crippen LogP contribution < -0.4 is 4.74 Å². The van der Waals surface area contributed by atoms with Crippen molar-refractivity contribution in [3.63, 3.8) is 0 Å². The fourth-order valence-corrected chi connectivity index (χ4v) is 1.28. The van der Waals surface area contributed by atoms with Crippen molar-refractivity contribution >= 4 is 11.6 Å². The van der Waals surface area contributed by atoms with Crippen molar-refractivity contribution in [2.24, 2.45) is 0 Å². The van der Waals surface area contributed by atoms with E-state index in [0.29, 0.717) is 6.42 Å². The molecule has 1 rings (SSSR count). The summed E-state index contributed by atoms with van der Waals surface area (Å²) in [4.78, 5) is 0. The highest BCUT2D eigenvalue weighted by molar-refractivity contribution is 6.32. The predicted molar refractivity (Wildman–Crippen MR) is 53.7 cm³/mol. The molecule has 90 valence electrons. The van der Waals surface area contributed by atoms with Gasteiger partial charge in [0.2, 0.25) is 0 Å². The lowest BCUT2D eigenvalue weighted by Crippen LogP contribution is -2.05. The van der Waals surface area contributed by atoms with Gasteiger partial charge < -0.3 is 9.84 Å². The molecule has 0 spiro atoms. The van der Waals surface area contributed by atoms with Crippen LogP contribution in [0, 0.1) is 0 Å². The minimum Gasteiger partial charge on any atom is -0.492 e. The van der Waals surface area contributed by atoms with E-state index in [2.05, 4.69) is 0 Å². The van der Waals surface area contributed by atoms with Gasteiger partial charge in [-0.2, -0.15) is 13.2 Å². The van der Waals surface area contributed by atoms with Crippen LogP contribution in [0.25, 0.3) is 0 Å². The van der Waals surface area contributed by atoms with Gasteiger partial charge in [-0.05, 0) is 18.2 Å². The zero-order chi connectivity index (χ0) is 12.2. The van der Waals surface area contributed by atoms with Gasteiger partial charge in [0.05, 0.1) is 17.2 Å². The summed E-state index contributed by atoms with van der Waals surface area (Å²) >= 11 is 5.63. The number of alkyl halides is 3. The molecule has 0 aliphatic carbocycles. The molecule has 1 aromatic rings. The van der Waals surface area contributed by atoms with Gasteiger partial charge in [0.25, 0.3) is 0 Å². The van der Waals surface area contributed by atoms with Crippen molar-refractivity contribution in [3.8, 4) is 5.75 Å². The topological polar surface area (TPSA) is 29.5 Å². The monoisotopic (exact) mass is 254 g/mol. The largest absolute Gasteiger partial charge is 0.492 e. The molecule has 1 N–H and O–H groups in total. The van der Waals surface area contributed by atoms with Crippen LogP contribution in [0.5, 0.6) is 5.75 Å². The predicted octanol–water partition coefficient (Wildman–Crippen LogP) is 3.12. The van der Waals surface area contributed by atoms with Gasteiger partial charge in [-0.1, -0.05) is 11.6 Å². The third kappa shape index (κ3) is 3.57. The quantitative estimate of drug-likeness (QED) is 0.837. The summed E-state index contributed by atoms with van der Waals surface area (Å²) in [5.74, 6) is 0.183. The van der Waals surface area contributed by atoms with Gasteiger partial charge in [-0.25, -0.2) is 0 Å². The van der Waals surface area contributed by atoms with Gasteiger partial charge in [-0.15, -0.1) is 0 Å². The Balaban J connectivity index is 2.76. The first kappa shape index (κ1) is 13.1. The molecule has 0 radical (unpaired) electrons. The maximum absolute atomic E-state index is 12.3. The number of aliphatic hydroxyl groups is 1. The molecule has 0 fully saturated rings. The Kier molecular flexibility index (Phi) is 4.44. The average Bonchev–Trinajstić information content (AvgIpc) is 2.19. The molecule has 2 nitrogen and oxygen atoms in total. The second-order valence-corrected chi connectivity index (χ2v) is 3.48. The van der Waals surface area contributed by atoms with Crippen LogP contribution in [-0.4, -0.2) is 18.3 Å². The summed E-state index contributed by atoms with van der Waals surface area (Å²) in [6, 6.07) is 2.89. The van der Waals surface area contributed by atoms with Crippen molar-refractivity contribution in [2.45, 2.75) is 12.6 Å². The number of halogens is 4. The Morgan fingerprint density at radius 3 is 2.50 bits per heavy atom. The van der Waals surface area contributed by atoms with Crippen LogP contribution in [0.15, 0.2) is 18.2 Å². The number of ether oxygens (including phenoxy) is 1. The number of rotatable bonds is 4. The average molecular weight is 255 g/mol. The highest BCUT2D eigenvalue weighted by atomic mass is 35.5. The van der Waals surface area contributed by atoms with Gasteiger partial charge in [-0.3, -0.25) is 0 Å². The van der Waals surface area contributed by atoms with Crippen LogP contribution in [0.3, 0.4) is 0 Å². The molecule has 6 heteroatoms. The smallest absolute Gasteiger partial charge is 0.416 e. The molecular formula is C10H10ClF3O2. The lowest BCUT2D eigenvalue weighted by Gasteiger charge is -2.10. The van der Waals surface area contributed by atoms with Crippen LogP contribution in [-0.2, 0) is 6.18 Å². The highest BCUT2D eigenvalue weighted by Gasteiger charge is 2.30. The minimum absolute atomic E-state index is 0.0434. The van der Waals surface area contributed by atoms with Crippen LogP contribution in [0.2, 0.25) is 5.02 Å². The lowest BCUT2D eigenvalue weighted by molar-refractivity contribution is -0.137. The Hall–Kier alpha value is -0.940. The number of aliphatic hydroxyl groups excluding tert-OH is 1. The van der Waals surface area contributed by atoms with Crippen LogP contribution in [0.1, 0.15) is 12.0 Å². The highest BCUT2D eigenvalue weighted by Crippen LogP contribution is 2.34. The van der Waals surface area contributed by atoms with E-state index >= 15 is 0 Å². The van der Waals surface area contributed by atoms with Crippen molar-refractivity contribution in [2.75, 3.05) is 13.2 Å². The Morgan fingerprint density at radius 2 is 2.00 bits per heavy atom. The Morgan fingerprint density at radius 1 is 1.31 bits per heavy atom. The van der Waals surface area contributed by atoms with Crippen LogP contribution >= 0.6 is 11.6 Å². The Labute approximate surface area is 95.6 Å². The molecule has 16 heavy (non-hydrogen) atoms. The summed E-state index contributed by atoms with van der Waals surface area (Å²) in [5, 5.41) is 8.41. The number of hydrogen-bond acceptors (Lipinski definition) is 2. The zero-order valence-electron chi connectivity index (χ0n) is 8.22. The van der Waals surface area contributed by atoms with E-state index in [4.69, 9.17) is 21.4 Å². The van der Waals surface area contributed by atoms with Gasteiger partial charge in [0.15, 0.2) is 0 Å². The molecule has 0 bridgehead atoms. The van der Waals surface area contributed by atoms with Gasteiger partial charge >= 0.3 is 6.18 Å². The van der Waals surface area contributed by atoms with E-state index < -0.39 is 11.7 Å². The molecule has 0 aliphatic heterocycles. The summed E-state index contributed by atoms with van der Waals surface area (Å²) < 4.78 is 41.9. The minimum atomic E-state index is -4.41. The maximum Gasteiger partial charge on any atom is 0.416 e. The third-order valence-corrected chi connectivity index (χ3v) is 2.11. The summed E-state index contributed by atoms with van der Waals surface area (Å²) in [6.45, 7) is 0.167. The van der Waals surface area contributed by atoms with E-state index in [1.807, 2.05) is 0 Å². The van der Waals surface area contributed by atoms with Crippen molar-refractivity contribution in [3.05, 3.63) is 28.8 Å². The Bertz CT molecular complexity index is 352. The molecule has 0 heterocycles. The first-order chi connectivity index (χ1) is 7.45. The molecule has 0 saturated carbocycles. The second kappa shape index (κ2) is 5.41. The molecule has 0 unspecified atom stereocenters. The summed E-state index contributed by atoms with van der Waals surface area (Å²) in [6.07, 6.45) is -4.01. The molecule has 1 aromatic carbocycles. The zero-order valence-corrected chi connectivity index (χ0v) is 8.98. The van der Waals surface area contributed by atoms with Crippen molar-refractivity contribution < 1.29 is 23.0 Å². The number of benzene rings is 1. The van der Waals surface area contributed by atoms with E-state index in [-0.39, 0.29) is 24.0 Å². The number of hydrogen-bond donors (Lipinski definition) is 1. The van der Waals surface area contributed by atoms with E-state index in [9.17, 15) is 13.2 Å². The summed E-state index contributed by atoms with van der Waals surface area (Å²) in [7, 11) is 0. The molecule has 0 saturated heterocycles. The van der Waals surface area contributed by atoms with Crippen LogP contribution in [0.4, 0.5) is 13.2 Å². The molecule has 0 atom stereocenters. The molecule has 0 aromatic heterocycles. The van der Waals surface area contributed by atoms with E-state index in [1.165, 1.54) is 6.07 Å². The summed E-state index contributed by atoms with van der Waals surface area (Å²) in [5.41, 5.74) is -0.813.